The third-order valence-corrected chi connectivity index (χ3v) is 3.34. The zero-order valence-corrected chi connectivity index (χ0v) is 11.9. The Morgan fingerprint density at radius 2 is 1.72 bits per heavy atom. The molecule has 0 radical (unpaired) electrons. The summed E-state index contributed by atoms with van der Waals surface area (Å²) in [7, 11) is 0. The van der Waals surface area contributed by atoms with Crippen LogP contribution >= 0.6 is 0 Å². The maximum Gasteiger partial charge on any atom is 0.112 e. The second kappa shape index (κ2) is 8.86. The number of unbranched alkanes of at least 4 members (excludes halogenated alkanes) is 2. The minimum absolute atomic E-state index is 0.0668. The van der Waals surface area contributed by atoms with E-state index in [0.717, 1.165) is 25.7 Å². The van der Waals surface area contributed by atoms with Crippen molar-refractivity contribution in [2.75, 3.05) is 19.8 Å². The molecule has 1 aliphatic heterocycles. The summed E-state index contributed by atoms with van der Waals surface area (Å²) in [6, 6.07) is 0. The number of aliphatic hydroxyl groups is 1. The van der Waals surface area contributed by atoms with Gasteiger partial charge in [0.15, 0.2) is 0 Å². The number of hydrogen-bond acceptors (Lipinski definition) is 4. The van der Waals surface area contributed by atoms with Gasteiger partial charge < -0.3 is 19.3 Å². The van der Waals surface area contributed by atoms with Gasteiger partial charge in [-0.2, -0.15) is 0 Å². The number of hydrogen-bond donors (Lipinski definition) is 1. The van der Waals surface area contributed by atoms with Gasteiger partial charge in [-0.1, -0.05) is 26.7 Å². The lowest BCUT2D eigenvalue weighted by Gasteiger charge is -2.38. The van der Waals surface area contributed by atoms with Crippen LogP contribution in [0.1, 0.15) is 46.5 Å². The Bertz CT molecular complexity index is 210. The topological polar surface area (TPSA) is 47.9 Å². The van der Waals surface area contributed by atoms with E-state index in [1.165, 1.54) is 0 Å². The van der Waals surface area contributed by atoms with E-state index in [-0.39, 0.29) is 18.3 Å². The summed E-state index contributed by atoms with van der Waals surface area (Å²) in [6.45, 7) is 8.00. The van der Waals surface area contributed by atoms with Gasteiger partial charge in [-0.15, -0.1) is 0 Å². The van der Waals surface area contributed by atoms with Crippen LogP contribution in [-0.2, 0) is 14.2 Å². The van der Waals surface area contributed by atoms with Crippen LogP contribution in [0.3, 0.4) is 0 Å². The van der Waals surface area contributed by atoms with Gasteiger partial charge in [0.2, 0.25) is 0 Å². The summed E-state index contributed by atoms with van der Waals surface area (Å²) >= 11 is 0. The molecule has 0 saturated carbocycles. The molecule has 1 aliphatic rings. The first-order valence-corrected chi connectivity index (χ1v) is 7.23. The van der Waals surface area contributed by atoms with E-state index in [0.29, 0.717) is 19.8 Å². The Balaban J connectivity index is 2.38. The van der Waals surface area contributed by atoms with Crippen molar-refractivity contribution in [3.8, 4) is 0 Å². The Labute approximate surface area is 111 Å². The van der Waals surface area contributed by atoms with Crippen molar-refractivity contribution in [2.24, 2.45) is 0 Å². The Kier molecular flexibility index (Phi) is 7.82. The molecule has 3 unspecified atom stereocenters. The molecular formula is C14H28O4. The minimum Gasteiger partial charge on any atom is -0.387 e. The fraction of sp³-hybridized carbons (Fsp3) is 1.00. The molecule has 0 amide bonds. The molecule has 1 fully saturated rings. The zero-order chi connectivity index (χ0) is 13.4. The molecule has 1 saturated heterocycles. The minimum atomic E-state index is -0.581. The van der Waals surface area contributed by atoms with Crippen LogP contribution in [0.4, 0.5) is 0 Å². The predicted molar refractivity (Wildman–Crippen MR) is 70.7 cm³/mol. The van der Waals surface area contributed by atoms with E-state index in [1.807, 2.05) is 6.92 Å². The molecule has 1 rings (SSSR count). The average molecular weight is 260 g/mol. The van der Waals surface area contributed by atoms with Crippen LogP contribution in [0.2, 0.25) is 0 Å². The van der Waals surface area contributed by atoms with Crippen molar-refractivity contribution in [1.29, 1.82) is 0 Å². The summed E-state index contributed by atoms with van der Waals surface area (Å²) in [5, 5.41) is 10.3. The van der Waals surface area contributed by atoms with Crippen LogP contribution in [0, 0.1) is 0 Å². The van der Waals surface area contributed by atoms with Crippen molar-refractivity contribution < 1.29 is 19.3 Å². The lowest BCUT2D eigenvalue weighted by molar-refractivity contribution is -0.212. The van der Waals surface area contributed by atoms with E-state index in [9.17, 15) is 5.11 Å². The smallest absolute Gasteiger partial charge is 0.112 e. The molecule has 0 aromatic rings. The van der Waals surface area contributed by atoms with Gasteiger partial charge in [0.25, 0.3) is 0 Å². The molecule has 0 aromatic heterocycles. The van der Waals surface area contributed by atoms with Gasteiger partial charge in [0, 0.05) is 13.2 Å². The molecule has 4 nitrogen and oxygen atoms in total. The van der Waals surface area contributed by atoms with Gasteiger partial charge >= 0.3 is 0 Å². The Hall–Kier alpha value is -0.160. The van der Waals surface area contributed by atoms with Gasteiger partial charge in [-0.05, 0) is 19.8 Å². The molecule has 1 heterocycles. The second-order valence-electron chi connectivity index (χ2n) is 4.98. The van der Waals surface area contributed by atoms with Gasteiger partial charge in [-0.3, -0.25) is 0 Å². The summed E-state index contributed by atoms with van der Waals surface area (Å²) in [5.74, 6) is 0. The van der Waals surface area contributed by atoms with Gasteiger partial charge in [0.1, 0.15) is 18.3 Å². The fourth-order valence-corrected chi connectivity index (χ4v) is 2.05. The molecule has 4 atom stereocenters. The Morgan fingerprint density at radius 3 is 2.33 bits per heavy atom. The molecule has 1 N–H and O–H groups in total. The highest BCUT2D eigenvalue weighted by atomic mass is 16.6. The molecule has 4 heteroatoms. The molecule has 0 bridgehead atoms. The summed E-state index contributed by atoms with van der Waals surface area (Å²) in [4.78, 5) is 0. The fourth-order valence-electron chi connectivity index (χ4n) is 2.05. The number of aliphatic hydroxyl groups excluding tert-OH is 1. The second-order valence-corrected chi connectivity index (χ2v) is 4.98. The van der Waals surface area contributed by atoms with E-state index >= 15 is 0 Å². The highest BCUT2D eigenvalue weighted by molar-refractivity contribution is 4.87. The highest BCUT2D eigenvalue weighted by Gasteiger charge is 2.38. The molecule has 0 spiro atoms. The Morgan fingerprint density at radius 1 is 1.11 bits per heavy atom. The molecule has 0 aliphatic carbocycles. The lowest BCUT2D eigenvalue weighted by Crippen LogP contribution is -2.54. The number of ether oxygens (including phenoxy) is 3. The summed E-state index contributed by atoms with van der Waals surface area (Å²) in [6.07, 6.45) is 3.05. The van der Waals surface area contributed by atoms with Crippen LogP contribution < -0.4 is 0 Å². The van der Waals surface area contributed by atoms with Crippen molar-refractivity contribution in [3.05, 3.63) is 0 Å². The first-order valence-electron chi connectivity index (χ1n) is 7.23. The first-order chi connectivity index (χ1) is 8.70. The van der Waals surface area contributed by atoms with Crippen molar-refractivity contribution in [2.45, 2.75) is 70.9 Å². The van der Waals surface area contributed by atoms with Crippen LogP contribution in [0.25, 0.3) is 0 Å². The zero-order valence-electron chi connectivity index (χ0n) is 11.9. The van der Waals surface area contributed by atoms with Crippen LogP contribution in [0.15, 0.2) is 0 Å². The van der Waals surface area contributed by atoms with Gasteiger partial charge in [0.05, 0.1) is 12.7 Å². The van der Waals surface area contributed by atoms with Crippen molar-refractivity contribution >= 4 is 0 Å². The van der Waals surface area contributed by atoms with E-state index in [4.69, 9.17) is 14.2 Å². The van der Waals surface area contributed by atoms with Crippen molar-refractivity contribution in [1.82, 2.24) is 0 Å². The van der Waals surface area contributed by atoms with Gasteiger partial charge in [-0.25, -0.2) is 0 Å². The quantitative estimate of drug-likeness (QED) is 0.679. The third kappa shape index (κ3) is 4.84. The third-order valence-electron chi connectivity index (χ3n) is 3.34. The van der Waals surface area contributed by atoms with Crippen molar-refractivity contribution in [3.63, 3.8) is 0 Å². The van der Waals surface area contributed by atoms with E-state index in [2.05, 4.69) is 13.8 Å². The van der Waals surface area contributed by atoms with E-state index in [1.54, 1.807) is 0 Å². The highest BCUT2D eigenvalue weighted by Crippen LogP contribution is 2.21. The first kappa shape index (κ1) is 15.9. The van der Waals surface area contributed by atoms with E-state index < -0.39 is 6.10 Å². The summed E-state index contributed by atoms with van der Waals surface area (Å²) in [5.41, 5.74) is 0. The van der Waals surface area contributed by atoms with Crippen LogP contribution in [-0.4, -0.2) is 49.3 Å². The maximum absolute atomic E-state index is 10.3. The lowest BCUT2D eigenvalue weighted by atomic mass is 10.0. The predicted octanol–water partition coefficient (Wildman–Crippen LogP) is 2.14. The van der Waals surface area contributed by atoms with Crippen LogP contribution in [0.5, 0.6) is 0 Å². The SMILES string of the molecule is CCCCOC1COC(C)[C@@H](OCCCC)C1O. The normalized spacial score (nSPS) is 32.7. The summed E-state index contributed by atoms with van der Waals surface area (Å²) < 4.78 is 17.0. The molecule has 18 heavy (non-hydrogen) atoms. The molecular weight excluding hydrogens is 232 g/mol. The number of rotatable bonds is 8. The largest absolute Gasteiger partial charge is 0.387 e. The maximum atomic E-state index is 10.3. The average Bonchev–Trinajstić information content (AvgIpc) is 2.36. The molecule has 108 valence electrons. The molecule has 0 aromatic carbocycles. The standard InChI is InChI=1S/C14H28O4/c1-4-6-8-16-12-10-18-11(3)14(13(12)15)17-9-7-5-2/h11-15H,4-10H2,1-3H3/t11?,12?,13?,14-/m1/s1. The monoisotopic (exact) mass is 260 g/mol.